The molecule has 0 aliphatic heterocycles. The summed E-state index contributed by atoms with van der Waals surface area (Å²) in [6.07, 6.45) is 0.0148. The van der Waals surface area contributed by atoms with Crippen molar-refractivity contribution in [1.82, 2.24) is 10.0 Å². The smallest absolute Gasteiger partial charge is 0.307 e. The van der Waals surface area contributed by atoms with Crippen molar-refractivity contribution in [3.8, 4) is 6.07 Å². The molecule has 0 spiro atoms. The van der Waals surface area contributed by atoms with E-state index < -0.39 is 27.9 Å². The number of amides is 1. The van der Waals surface area contributed by atoms with Gasteiger partial charge in [-0.05, 0) is 36.8 Å². The zero-order valence-corrected chi connectivity index (χ0v) is 17.5. The van der Waals surface area contributed by atoms with E-state index in [0.29, 0.717) is 0 Å². The molecule has 0 aliphatic rings. The number of methoxy groups -OCH3 is 1. The fourth-order valence-electron chi connectivity index (χ4n) is 2.65. The molecule has 0 saturated carbocycles. The number of hydrogen-bond donors (Lipinski definition) is 2. The lowest BCUT2D eigenvalue weighted by atomic mass is 10.0. The molecule has 0 aromatic heterocycles. The zero-order chi connectivity index (χ0) is 22.1. The fraction of sp³-hybridized carbons (Fsp3) is 0.286. The maximum atomic E-state index is 12.7. The average molecular weight is 429 g/mol. The number of ether oxygens (including phenoxy) is 1. The van der Waals surface area contributed by atoms with Crippen molar-refractivity contribution >= 4 is 21.9 Å². The van der Waals surface area contributed by atoms with Gasteiger partial charge in [-0.1, -0.05) is 29.8 Å². The van der Waals surface area contributed by atoms with Gasteiger partial charge in [0.2, 0.25) is 10.0 Å². The Bertz CT molecular complexity index is 1030. The topological polar surface area (TPSA) is 125 Å². The van der Waals surface area contributed by atoms with Crippen molar-refractivity contribution in [2.45, 2.75) is 30.7 Å². The van der Waals surface area contributed by atoms with Gasteiger partial charge in [-0.25, -0.2) is 13.1 Å². The monoisotopic (exact) mass is 429 g/mol. The summed E-state index contributed by atoms with van der Waals surface area (Å²) in [5.41, 5.74) is 2.04. The second kappa shape index (κ2) is 10.5. The maximum absolute atomic E-state index is 12.7. The molecule has 2 N–H and O–H groups in total. The van der Waals surface area contributed by atoms with Crippen LogP contribution in [-0.2, 0) is 19.6 Å². The predicted octanol–water partition coefficient (Wildman–Crippen LogP) is 2.22. The van der Waals surface area contributed by atoms with Crippen molar-refractivity contribution < 1.29 is 22.7 Å². The summed E-state index contributed by atoms with van der Waals surface area (Å²) in [6.45, 7) is 1.94. The zero-order valence-electron chi connectivity index (χ0n) is 16.7. The lowest BCUT2D eigenvalue weighted by molar-refractivity contribution is -0.141. The highest BCUT2D eigenvalue weighted by Crippen LogP contribution is 2.19. The van der Waals surface area contributed by atoms with E-state index in [9.17, 15) is 18.0 Å². The number of carbonyl (C=O) groups is 2. The van der Waals surface area contributed by atoms with Gasteiger partial charge in [0, 0.05) is 18.5 Å². The molecule has 0 radical (unpaired) electrons. The molecule has 1 amide bonds. The highest BCUT2D eigenvalue weighted by atomic mass is 32.2. The predicted molar refractivity (Wildman–Crippen MR) is 110 cm³/mol. The Balaban J connectivity index is 2.16. The molecular weight excluding hydrogens is 406 g/mol. The molecule has 0 aliphatic carbocycles. The van der Waals surface area contributed by atoms with Crippen molar-refractivity contribution in [3.05, 3.63) is 65.2 Å². The number of esters is 1. The van der Waals surface area contributed by atoms with Gasteiger partial charge >= 0.3 is 5.97 Å². The van der Waals surface area contributed by atoms with Gasteiger partial charge in [-0.15, -0.1) is 0 Å². The van der Waals surface area contributed by atoms with Crippen molar-refractivity contribution in [2.75, 3.05) is 13.7 Å². The van der Waals surface area contributed by atoms with Crippen molar-refractivity contribution in [1.29, 1.82) is 5.26 Å². The van der Waals surface area contributed by atoms with E-state index >= 15 is 0 Å². The van der Waals surface area contributed by atoms with E-state index in [1.807, 2.05) is 37.3 Å². The first-order valence-corrected chi connectivity index (χ1v) is 10.7. The molecule has 0 fully saturated rings. The lowest BCUT2D eigenvalue weighted by Gasteiger charge is -2.18. The van der Waals surface area contributed by atoms with Gasteiger partial charge in [-0.3, -0.25) is 9.59 Å². The number of rotatable bonds is 9. The van der Waals surface area contributed by atoms with Gasteiger partial charge in [-0.2, -0.15) is 5.26 Å². The molecule has 2 rings (SSSR count). The summed E-state index contributed by atoms with van der Waals surface area (Å²) in [4.78, 5) is 24.4. The van der Waals surface area contributed by atoms with E-state index in [2.05, 4.69) is 10.0 Å². The van der Waals surface area contributed by atoms with E-state index in [1.54, 1.807) is 0 Å². The standard InChI is InChI=1S/C21H23N3O5S/c1-15-4-6-16(7-5-15)19(14-20(25)29-2)24-21(26)17-8-10-18(11-9-17)30(27,28)23-13-3-12-22/h4-11,19,23H,3,13-14H2,1-2H3,(H,24,26). The number of carbonyl (C=O) groups excluding carboxylic acids is 2. The number of aryl methyl sites for hydroxylation is 1. The van der Waals surface area contributed by atoms with Crippen LogP contribution in [0.4, 0.5) is 0 Å². The van der Waals surface area contributed by atoms with Crippen LogP contribution >= 0.6 is 0 Å². The Kier molecular flexibility index (Phi) is 8.09. The Morgan fingerprint density at radius 3 is 2.30 bits per heavy atom. The van der Waals surface area contributed by atoms with E-state index in [-0.39, 0.29) is 29.8 Å². The maximum Gasteiger partial charge on any atom is 0.307 e. The van der Waals surface area contributed by atoms with E-state index in [4.69, 9.17) is 10.00 Å². The molecule has 9 heteroatoms. The summed E-state index contributed by atoms with van der Waals surface area (Å²) < 4.78 is 31.4. The van der Waals surface area contributed by atoms with Crippen LogP contribution in [0.1, 0.15) is 40.4 Å². The van der Waals surface area contributed by atoms with Crippen LogP contribution in [0.5, 0.6) is 0 Å². The number of nitriles is 1. The van der Waals surface area contributed by atoms with Gasteiger partial charge in [0.05, 0.1) is 30.5 Å². The molecule has 2 aromatic rings. The first kappa shape index (κ1) is 23.1. The van der Waals surface area contributed by atoms with E-state index in [0.717, 1.165) is 11.1 Å². The summed E-state index contributed by atoms with van der Waals surface area (Å²) in [5, 5.41) is 11.3. The van der Waals surface area contributed by atoms with E-state index in [1.165, 1.54) is 31.4 Å². The van der Waals surface area contributed by atoms with Gasteiger partial charge < -0.3 is 10.1 Å². The van der Waals surface area contributed by atoms with Crippen molar-refractivity contribution in [2.24, 2.45) is 0 Å². The summed E-state index contributed by atoms with van der Waals surface area (Å²) in [6, 6.07) is 14.1. The van der Waals surface area contributed by atoms with Gasteiger partial charge in [0.15, 0.2) is 0 Å². The van der Waals surface area contributed by atoms with Crippen LogP contribution < -0.4 is 10.0 Å². The fourth-order valence-corrected chi connectivity index (χ4v) is 3.68. The second-order valence-electron chi connectivity index (χ2n) is 6.55. The first-order chi connectivity index (χ1) is 14.3. The third kappa shape index (κ3) is 6.40. The Morgan fingerprint density at radius 1 is 1.10 bits per heavy atom. The third-order valence-corrected chi connectivity index (χ3v) is 5.82. The Labute approximate surface area is 175 Å². The average Bonchev–Trinajstić information content (AvgIpc) is 2.74. The highest BCUT2D eigenvalue weighted by molar-refractivity contribution is 7.89. The summed E-state index contributed by atoms with van der Waals surface area (Å²) >= 11 is 0. The highest BCUT2D eigenvalue weighted by Gasteiger charge is 2.20. The molecular formula is C21H23N3O5S. The molecule has 30 heavy (non-hydrogen) atoms. The van der Waals surface area contributed by atoms with Crippen LogP contribution in [0.25, 0.3) is 0 Å². The van der Waals surface area contributed by atoms with Crippen LogP contribution in [0.3, 0.4) is 0 Å². The molecule has 0 saturated heterocycles. The van der Waals surface area contributed by atoms with Gasteiger partial charge in [0.25, 0.3) is 5.91 Å². The molecule has 1 unspecified atom stereocenters. The van der Waals surface area contributed by atoms with Gasteiger partial charge in [0.1, 0.15) is 0 Å². The van der Waals surface area contributed by atoms with Crippen LogP contribution in [0.2, 0.25) is 0 Å². The lowest BCUT2D eigenvalue weighted by Crippen LogP contribution is -2.30. The normalized spacial score (nSPS) is 11.9. The Hall–Kier alpha value is -3.22. The molecule has 1 atom stereocenters. The minimum absolute atomic E-state index is 0.00677. The number of nitrogens with one attached hydrogen (secondary N) is 2. The van der Waals surface area contributed by atoms with Crippen LogP contribution in [-0.4, -0.2) is 33.9 Å². The third-order valence-electron chi connectivity index (χ3n) is 4.34. The number of sulfonamides is 1. The summed E-state index contributed by atoms with van der Waals surface area (Å²) in [7, 11) is -2.48. The minimum atomic E-state index is -3.76. The number of nitrogens with zero attached hydrogens (tertiary/aromatic N) is 1. The first-order valence-electron chi connectivity index (χ1n) is 9.17. The largest absolute Gasteiger partial charge is 0.469 e. The molecule has 0 bridgehead atoms. The SMILES string of the molecule is COC(=O)CC(NC(=O)c1ccc(S(=O)(=O)NCCC#N)cc1)c1ccc(C)cc1. The quantitative estimate of drug-likeness (QED) is 0.465. The molecule has 8 nitrogen and oxygen atoms in total. The number of hydrogen-bond acceptors (Lipinski definition) is 6. The Morgan fingerprint density at radius 2 is 1.73 bits per heavy atom. The van der Waals surface area contributed by atoms with Crippen LogP contribution in [0.15, 0.2) is 53.4 Å². The molecule has 158 valence electrons. The molecule has 0 heterocycles. The number of benzene rings is 2. The minimum Gasteiger partial charge on any atom is -0.469 e. The second-order valence-corrected chi connectivity index (χ2v) is 8.31. The van der Waals surface area contributed by atoms with Crippen LogP contribution in [0, 0.1) is 18.3 Å². The van der Waals surface area contributed by atoms with Crippen molar-refractivity contribution in [3.63, 3.8) is 0 Å². The molecule has 2 aromatic carbocycles. The summed E-state index contributed by atoms with van der Waals surface area (Å²) in [5.74, 6) is -0.920.